The number of para-hydroxylation sites is 2. The molecule has 4 heterocycles. The Morgan fingerprint density at radius 3 is 2.33 bits per heavy atom. The van der Waals surface area contributed by atoms with Gasteiger partial charge in [0.05, 0.1) is 28.1 Å². The second kappa shape index (κ2) is 10.2. The van der Waals surface area contributed by atoms with Crippen LogP contribution < -0.4 is 9.80 Å². The van der Waals surface area contributed by atoms with Gasteiger partial charge < -0.3 is 24.5 Å². The van der Waals surface area contributed by atoms with Gasteiger partial charge in [-0.15, -0.1) is 0 Å². The predicted molar refractivity (Wildman–Crippen MR) is 152 cm³/mol. The van der Waals surface area contributed by atoms with Gasteiger partial charge in [0.25, 0.3) is 5.91 Å². The van der Waals surface area contributed by atoms with E-state index in [2.05, 4.69) is 0 Å². The maximum Gasteiger partial charge on any atom is 0.253 e. The number of anilines is 2. The van der Waals surface area contributed by atoms with Gasteiger partial charge >= 0.3 is 0 Å². The molecule has 4 aliphatic heterocycles. The Labute approximate surface area is 238 Å². The number of aliphatic hydroxyl groups excluding tert-OH is 1. The molecule has 0 radical (unpaired) electrons. The van der Waals surface area contributed by atoms with Gasteiger partial charge in [-0.25, -0.2) is 0 Å². The molecule has 1 N–H and O–H groups in total. The first kappa shape index (κ1) is 26.7. The molecular weight excluding hydrogens is 530 g/mol. The zero-order chi connectivity index (χ0) is 28.1. The molecule has 0 bridgehead atoms. The average Bonchev–Trinajstić information content (AvgIpc) is 3.25. The van der Waals surface area contributed by atoms with Gasteiger partial charge in [0.15, 0.2) is 0 Å². The van der Waals surface area contributed by atoms with Crippen LogP contribution in [0, 0.1) is 11.8 Å². The highest BCUT2D eigenvalue weighted by atomic mass is 35.5. The number of hydrogen-bond acceptors (Lipinski definition) is 5. The average molecular weight is 562 g/mol. The Morgan fingerprint density at radius 1 is 0.900 bits per heavy atom. The SMILES string of the molecule is CC[C@]12C=CCN(c3ccccc3)C(=O)[C@H]1[C@H]1C(=O)N(CCCO)C3C(=O)N(c4ccccc4Cl)CC=C[C@@]31O2. The van der Waals surface area contributed by atoms with E-state index in [0.717, 1.165) is 5.69 Å². The molecule has 208 valence electrons. The summed E-state index contributed by atoms with van der Waals surface area (Å²) in [6.07, 6.45) is 8.26. The van der Waals surface area contributed by atoms with Crippen LogP contribution in [0.4, 0.5) is 11.4 Å². The van der Waals surface area contributed by atoms with E-state index in [9.17, 15) is 19.5 Å². The van der Waals surface area contributed by atoms with Crippen molar-refractivity contribution >= 4 is 40.7 Å². The van der Waals surface area contributed by atoms with Crippen LogP contribution in [0.5, 0.6) is 0 Å². The van der Waals surface area contributed by atoms with Crippen LogP contribution in [0.15, 0.2) is 78.9 Å². The van der Waals surface area contributed by atoms with Crippen LogP contribution in [0.25, 0.3) is 0 Å². The van der Waals surface area contributed by atoms with Gasteiger partial charge in [-0.3, -0.25) is 14.4 Å². The van der Waals surface area contributed by atoms with Gasteiger partial charge in [0, 0.05) is 31.9 Å². The lowest BCUT2D eigenvalue weighted by molar-refractivity contribution is -0.145. The molecule has 2 aromatic carbocycles. The molecule has 1 unspecified atom stereocenters. The number of nitrogens with zero attached hydrogens (tertiary/aromatic N) is 3. The lowest BCUT2D eigenvalue weighted by Crippen LogP contribution is -2.56. The summed E-state index contributed by atoms with van der Waals surface area (Å²) in [6.45, 7) is 2.56. The minimum Gasteiger partial charge on any atom is -0.396 e. The predicted octanol–water partition coefficient (Wildman–Crippen LogP) is 3.59. The van der Waals surface area contributed by atoms with Crippen molar-refractivity contribution in [1.82, 2.24) is 4.90 Å². The summed E-state index contributed by atoms with van der Waals surface area (Å²) in [5.41, 5.74) is -1.15. The van der Waals surface area contributed by atoms with Crippen molar-refractivity contribution < 1.29 is 24.2 Å². The normalized spacial score (nSPS) is 31.2. The van der Waals surface area contributed by atoms with Gasteiger partial charge in [0.2, 0.25) is 11.8 Å². The van der Waals surface area contributed by atoms with Crippen LogP contribution in [0.1, 0.15) is 19.8 Å². The third kappa shape index (κ3) is 3.84. The molecule has 6 rings (SSSR count). The quantitative estimate of drug-likeness (QED) is 0.544. The molecular formula is C31H32ClN3O5. The fourth-order valence-corrected chi connectivity index (χ4v) is 7.21. The van der Waals surface area contributed by atoms with Crippen LogP contribution >= 0.6 is 11.6 Å². The number of aliphatic hydroxyl groups is 1. The zero-order valence-corrected chi connectivity index (χ0v) is 23.0. The molecule has 40 heavy (non-hydrogen) atoms. The maximum atomic E-state index is 14.4. The Balaban J connectivity index is 1.50. The first-order chi connectivity index (χ1) is 19.4. The third-order valence-corrected chi connectivity index (χ3v) is 9.03. The van der Waals surface area contributed by atoms with Gasteiger partial charge in [-0.1, -0.05) is 73.2 Å². The number of likely N-dealkylation sites (tertiary alicyclic amines) is 1. The van der Waals surface area contributed by atoms with E-state index >= 15 is 0 Å². The maximum absolute atomic E-state index is 14.4. The van der Waals surface area contributed by atoms with Gasteiger partial charge in [-0.05, 0) is 37.1 Å². The number of halogens is 1. The van der Waals surface area contributed by atoms with Crippen molar-refractivity contribution in [2.75, 3.05) is 36.0 Å². The number of carbonyl (C=O) groups is 3. The standard InChI is InChI=1S/C31H32ClN3O5/c1-2-30-15-8-17-33(21-11-4-3-5-12-21)27(37)24(30)25-28(38)35(19-10-20-36)26-29(39)34(18-9-16-31(25,26)40-30)23-14-7-6-13-22(23)32/h3-9,11-16,24-26,36H,2,10,17-20H2,1H3/t24-,25+,26?,30+,31+/m1/s1. The molecule has 0 aromatic heterocycles. The van der Waals surface area contributed by atoms with Crippen molar-refractivity contribution in [3.8, 4) is 0 Å². The molecule has 2 aromatic rings. The number of carbonyl (C=O) groups excluding carboxylic acids is 3. The molecule has 0 aliphatic carbocycles. The summed E-state index contributed by atoms with van der Waals surface area (Å²) in [5.74, 6) is -2.59. The topological polar surface area (TPSA) is 90.4 Å². The van der Waals surface area contributed by atoms with Crippen LogP contribution in [0.2, 0.25) is 5.02 Å². The summed E-state index contributed by atoms with van der Waals surface area (Å²) in [5, 5.41) is 10.1. The number of hydrogen-bond donors (Lipinski definition) is 1. The number of amides is 3. The summed E-state index contributed by atoms with van der Waals surface area (Å²) >= 11 is 6.51. The molecule has 2 saturated heterocycles. The second-order valence-corrected chi connectivity index (χ2v) is 11.1. The van der Waals surface area contributed by atoms with Gasteiger partial charge in [0.1, 0.15) is 11.6 Å². The molecule has 1 spiro atoms. The lowest BCUT2D eigenvalue weighted by Gasteiger charge is -2.38. The summed E-state index contributed by atoms with van der Waals surface area (Å²) in [4.78, 5) is 48.0. The second-order valence-electron chi connectivity index (χ2n) is 10.7. The fraction of sp³-hybridized carbons (Fsp3) is 0.387. The van der Waals surface area contributed by atoms with Crippen molar-refractivity contribution in [1.29, 1.82) is 0 Å². The first-order valence-corrected chi connectivity index (χ1v) is 14.2. The van der Waals surface area contributed by atoms with E-state index in [1.807, 2.05) is 67.6 Å². The smallest absolute Gasteiger partial charge is 0.253 e. The van der Waals surface area contributed by atoms with E-state index in [1.165, 1.54) is 4.90 Å². The summed E-state index contributed by atoms with van der Waals surface area (Å²) in [6, 6.07) is 15.5. The number of benzene rings is 2. The Morgan fingerprint density at radius 2 is 1.60 bits per heavy atom. The molecule has 8 nitrogen and oxygen atoms in total. The van der Waals surface area contributed by atoms with Crippen molar-refractivity contribution in [2.45, 2.75) is 37.0 Å². The monoisotopic (exact) mass is 561 g/mol. The minimum absolute atomic E-state index is 0.140. The molecule has 0 saturated carbocycles. The number of rotatable bonds is 6. The van der Waals surface area contributed by atoms with Crippen LogP contribution in [-0.2, 0) is 19.1 Å². The summed E-state index contributed by atoms with van der Waals surface area (Å²) < 4.78 is 6.97. The summed E-state index contributed by atoms with van der Waals surface area (Å²) in [7, 11) is 0. The Kier molecular flexibility index (Phi) is 6.81. The molecule has 3 amide bonds. The fourth-order valence-electron chi connectivity index (χ4n) is 6.97. The Hall–Kier alpha value is -3.46. The highest BCUT2D eigenvalue weighted by molar-refractivity contribution is 6.34. The highest BCUT2D eigenvalue weighted by Gasteiger charge is 2.75. The van der Waals surface area contributed by atoms with Crippen molar-refractivity contribution in [2.24, 2.45) is 11.8 Å². The van der Waals surface area contributed by atoms with E-state index in [4.69, 9.17) is 16.3 Å². The lowest BCUT2D eigenvalue weighted by atomic mass is 9.73. The molecule has 4 aliphatic rings. The van der Waals surface area contributed by atoms with E-state index in [-0.39, 0.29) is 37.4 Å². The molecule has 2 fully saturated rings. The van der Waals surface area contributed by atoms with E-state index in [1.54, 1.807) is 28.0 Å². The van der Waals surface area contributed by atoms with Crippen molar-refractivity contribution in [3.05, 3.63) is 83.9 Å². The minimum atomic E-state index is -1.36. The van der Waals surface area contributed by atoms with E-state index < -0.39 is 29.1 Å². The molecule has 5 atom stereocenters. The first-order valence-electron chi connectivity index (χ1n) is 13.8. The highest BCUT2D eigenvalue weighted by Crippen LogP contribution is 2.58. The third-order valence-electron chi connectivity index (χ3n) is 8.71. The van der Waals surface area contributed by atoms with Gasteiger partial charge in [-0.2, -0.15) is 0 Å². The largest absolute Gasteiger partial charge is 0.396 e. The van der Waals surface area contributed by atoms with Crippen LogP contribution in [0.3, 0.4) is 0 Å². The van der Waals surface area contributed by atoms with E-state index in [0.29, 0.717) is 30.1 Å². The van der Waals surface area contributed by atoms with Crippen LogP contribution in [-0.4, -0.2) is 71.2 Å². The molecule has 9 heteroatoms. The zero-order valence-electron chi connectivity index (χ0n) is 22.3. The van der Waals surface area contributed by atoms with Crippen molar-refractivity contribution in [3.63, 3.8) is 0 Å². The Bertz CT molecular complexity index is 1400. The number of ether oxygens (including phenoxy) is 1. The number of fused-ring (bicyclic) bond motifs is 2.